The summed E-state index contributed by atoms with van der Waals surface area (Å²) in [7, 11) is -3.18. The average molecular weight is 371 g/mol. The lowest BCUT2D eigenvalue weighted by atomic mass is 9.97. The third kappa shape index (κ3) is 6.11. The minimum absolute atomic E-state index is 0.0279. The van der Waals surface area contributed by atoms with Crippen LogP contribution in [0.1, 0.15) is 37.0 Å². The second-order valence-corrected chi connectivity index (χ2v) is 10.1. The Bertz CT molecular complexity index is 657. The van der Waals surface area contributed by atoms with Crippen LogP contribution in [0.5, 0.6) is 0 Å². The normalized spacial score (nSPS) is 18.8. The third-order valence-corrected chi connectivity index (χ3v) is 5.62. The van der Waals surface area contributed by atoms with Gasteiger partial charge in [-0.1, -0.05) is 13.8 Å². The van der Waals surface area contributed by atoms with Crippen molar-refractivity contribution >= 4 is 27.7 Å². The SMILES string of the molecule is CC(C)Sc1ccc(C(=O)N2CCC[C@@H](CNS(C)(=O)=O)C2)cc1. The molecule has 134 valence electrons. The van der Waals surface area contributed by atoms with E-state index in [0.29, 0.717) is 23.9 Å². The molecule has 7 heteroatoms. The van der Waals surface area contributed by atoms with Crippen LogP contribution in [0.25, 0.3) is 0 Å². The van der Waals surface area contributed by atoms with Crippen LogP contribution in [-0.2, 0) is 10.0 Å². The first-order chi connectivity index (χ1) is 11.2. The number of benzene rings is 1. The number of hydrogen-bond donors (Lipinski definition) is 1. The first kappa shape index (κ1) is 19.3. The molecular formula is C17H26N2O3S2. The number of amides is 1. The summed E-state index contributed by atoms with van der Waals surface area (Å²) in [5, 5.41) is 0.511. The molecule has 0 radical (unpaired) electrons. The van der Waals surface area contributed by atoms with Gasteiger partial charge in [-0.25, -0.2) is 13.1 Å². The maximum Gasteiger partial charge on any atom is 0.253 e. The van der Waals surface area contributed by atoms with Crippen molar-refractivity contribution in [2.24, 2.45) is 5.92 Å². The van der Waals surface area contributed by atoms with Gasteiger partial charge in [0, 0.05) is 35.3 Å². The smallest absolute Gasteiger partial charge is 0.253 e. The van der Waals surface area contributed by atoms with Crippen LogP contribution in [0, 0.1) is 5.92 Å². The highest BCUT2D eigenvalue weighted by atomic mass is 32.2. The molecule has 0 spiro atoms. The number of nitrogens with one attached hydrogen (secondary N) is 1. The maximum atomic E-state index is 12.7. The Morgan fingerprint density at radius 3 is 2.58 bits per heavy atom. The van der Waals surface area contributed by atoms with E-state index in [4.69, 9.17) is 0 Å². The van der Waals surface area contributed by atoms with Gasteiger partial charge in [-0.15, -0.1) is 11.8 Å². The van der Waals surface area contributed by atoms with Gasteiger partial charge in [-0.05, 0) is 43.0 Å². The Labute approximate surface area is 149 Å². The van der Waals surface area contributed by atoms with Gasteiger partial charge in [0.05, 0.1) is 6.26 Å². The molecule has 5 nitrogen and oxygen atoms in total. The number of sulfonamides is 1. The van der Waals surface area contributed by atoms with Crippen LogP contribution in [0.2, 0.25) is 0 Å². The summed E-state index contributed by atoms with van der Waals surface area (Å²) in [6.07, 6.45) is 3.01. The standard InChI is InChI=1S/C17H26N2O3S2/c1-13(2)23-16-8-6-15(7-9-16)17(20)19-10-4-5-14(12-19)11-18-24(3,21)22/h6-9,13-14,18H,4-5,10-12H2,1-3H3/t14-/m0/s1. The lowest BCUT2D eigenvalue weighted by Gasteiger charge is -2.32. The van der Waals surface area contributed by atoms with E-state index in [2.05, 4.69) is 18.6 Å². The average Bonchev–Trinajstić information content (AvgIpc) is 2.52. The molecule has 1 fully saturated rings. The van der Waals surface area contributed by atoms with Crippen LogP contribution in [0.4, 0.5) is 0 Å². The van der Waals surface area contributed by atoms with Crippen LogP contribution in [0.3, 0.4) is 0 Å². The zero-order valence-corrected chi connectivity index (χ0v) is 16.1. The molecule has 1 N–H and O–H groups in total. The lowest BCUT2D eigenvalue weighted by Crippen LogP contribution is -2.43. The first-order valence-electron chi connectivity index (χ1n) is 8.25. The van der Waals surface area contributed by atoms with Crippen molar-refractivity contribution in [3.8, 4) is 0 Å². The van der Waals surface area contributed by atoms with E-state index in [1.165, 1.54) is 0 Å². The van der Waals surface area contributed by atoms with Gasteiger partial charge in [0.1, 0.15) is 0 Å². The fourth-order valence-electron chi connectivity index (χ4n) is 2.82. The van der Waals surface area contributed by atoms with Crippen LogP contribution < -0.4 is 4.72 Å². The van der Waals surface area contributed by atoms with Crippen LogP contribution in [-0.4, -0.2) is 50.4 Å². The third-order valence-electron chi connectivity index (χ3n) is 3.91. The maximum absolute atomic E-state index is 12.7. The summed E-state index contributed by atoms with van der Waals surface area (Å²) in [6, 6.07) is 7.74. The quantitative estimate of drug-likeness (QED) is 0.782. The molecule has 1 aliphatic rings. The van der Waals surface area contributed by atoms with Crippen LogP contribution >= 0.6 is 11.8 Å². The minimum atomic E-state index is -3.18. The summed E-state index contributed by atoms with van der Waals surface area (Å²) in [4.78, 5) is 15.7. The number of rotatable bonds is 6. The van der Waals surface area contributed by atoms with Gasteiger partial charge in [0.25, 0.3) is 5.91 Å². The fraction of sp³-hybridized carbons (Fsp3) is 0.588. The molecule has 0 aliphatic carbocycles. The Morgan fingerprint density at radius 2 is 2.00 bits per heavy atom. The van der Waals surface area contributed by atoms with E-state index in [1.807, 2.05) is 29.2 Å². The molecule has 24 heavy (non-hydrogen) atoms. The fourth-order valence-corrected chi connectivity index (χ4v) is 4.19. The van der Waals surface area contributed by atoms with Crippen molar-refractivity contribution < 1.29 is 13.2 Å². The number of carbonyl (C=O) groups excluding carboxylic acids is 1. The summed E-state index contributed by atoms with van der Waals surface area (Å²) in [5.74, 6) is 0.202. The Hall–Kier alpha value is -1.05. The Kier molecular flexibility index (Phi) is 6.71. The molecule has 1 atom stereocenters. The summed E-state index contributed by atoms with van der Waals surface area (Å²) in [6.45, 7) is 6.01. The van der Waals surface area contributed by atoms with Crippen LogP contribution in [0.15, 0.2) is 29.2 Å². The molecule has 0 bridgehead atoms. The number of carbonyl (C=O) groups is 1. The van der Waals surface area contributed by atoms with E-state index < -0.39 is 10.0 Å². The predicted octanol–water partition coefficient (Wildman–Crippen LogP) is 2.59. The Balaban J connectivity index is 1.96. The molecule has 1 aromatic carbocycles. The zero-order chi connectivity index (χ0) is 17.7. The largest absolute Gasteiger partial charge is 0.338 e. The van der Waals surface area contributed by atoms with Crippen molar-refractivity contribution in [2.75, 3.05) is 25.9 Å². The molecule has 1 heterocycles. The van der Waals surface area contributed by atoms with Crippen molar-refractivity contribution in [1.82, 2.24) is 9.62 Å². The molecule has 1 aliphatic heterocycles. The van der Waals surface area contributed by atoms with Gasteiger partial charge in [-0.3, -0.25) is 4.79 Å². The highest BCUT2D eigenvalue weighted by Crippen LogP contribution is 2.24. The Morgan fingerprint density at radius 1 is 1.33 bits per heavy atom. The number of likely N-dealkylation sites (tertiary alicyclic amines) is 1. The highest BCUT2D eigenvalue weighted by Gasteiger charge is 2.25. The van der Waals surface area contributed by atoms with E-state index >= 15 is 0 Å². The lowest BCUT2D eigenvalue weighted by molar-refractivity contribution is 0.0676. The van der Waals surface area contributed by atoms with Gasteiger partial charge in [0.2, 0.25) is 10.0 Å². The van der Waals surface area contributed by atoms with E-state index in [0.717, 1.165) is 30.5 Å². The summed E-state index contributed by atoms with van der Waals surface area (Å²) in [5.41, 5.74) is 0.694. The number of piperidine rings is 1. The van der Waals surface area contributed by atoms with Gasteiger partial charge in [0.15, 0.2) is 0 Å². The van der Waals surface area contributed by atoms with E-state index in [9.17, 15) is 13.2 Å². The highest BCUT2D eigenvalue weighted by molar-refractivity contribution is 7.99. The van der Waals surface area contributed by atoms with Crippen molar-refractivity contribution in [3.05, 3.63) is 29.8 Å². The number of nitrogens with zero attached hydrogens (tertiary/aromatic N) is 1. The first-order valence-corrected chi connectivity index (χ1v) is 11.0. The van der Waals surface area contributed by atoms with Gasteiger partial charge >= 0.3 is 0 Å². The van der Waals surface area contributed by atoms with E-state index in [1.54, 1.807) is 11.8 Å². The molecule has 0 saturated carbocycles. The molecule has 0 unspecified atom stereocenters. The molecule has 1 aromatic rings. The second kappa shape index (κ2) is 8.36. The van der Waals surface area contributed by atoms with Crippen molar-refractivity contribution in [1.29, 1.82) is 0 Å². The molecular weight excluding hydrogens is 344 g/mol. The number of thioether (sulfide) groups is 1. The minimum Gasteiger partial charge on any atom is -0.338 e. The summed E-state index contributed by atoms with van der Waals surface area (Å²) < 4.78 is 25.0. The van der Waals surface area contributed by atoms with Crippen molar-refractivity contribution in [2.45, 2.75) is 36.8 Å². The summed E-state index contributed by atoms with van der Waals surface area (Å²) >= 11 is 1.77. The molecule has 0 aromatic heterocycles. The second-order valence-electron chi connectivity index (χ2n) is 6.57. The molecule has 2 rings (SSSR count). The molecule has 1 amide bonds. The number of hydrogen-bond acceptors (Lipinski definition) is 4. The monoisotopic (exact) mass is 370 g/mol. The zero-order valence-electron chi connectivity index (χ0n) is 14.5. The predicted molar refractivity (Wildman–Crippen MR) is 98.9 cm³/mol. The van der Waals surface area contributed by atoms with Crippen molar-refractivity contribution in [3.63, 3.8) is 0 Å². The van der Waals surface area contributed by atoms with Gasteiger partial charge in [-0.2, -0.15) is 0 Å². The molecule has 1 saturated heterocycles. The topological polar surface area (TPSA) is 66.5 Å². The van der Waals surface area contributed by atoms with Gasteiger partial charge < -0.3 is 4.90 Å². The van der Waals surface area contributed by atoms with E-state index in [-0.39, 0.29) is 11.8 Å².